The number of halogens is 2. The molecule has 1 aromatic heterocycles. The summed E-state index contributed by atoms with van der Waals surface area (Å²) in [5.41, 5.74) is 2.93. The van der Waals surface area contributed by atoms with Gasteiger partial charge in [-0.1, -0.05) is 47.5 Å². The number of imidazole rings is 1. The maximum Gasteiger partial charge on any atom is 0.255 e. The van der Waals surface area contributed by atoms with E-state index in [-0.39, 0.29) is 11.9 Å². The van der Waals surface area contributed by atoms with Gasteiger partial charge in [0.05, 0.1) is 23.0 Å². The summed E-state index contributed by atoms with van der Waals surface area (Å²) in [5, 5.41) is 0.897. The van der Waals surface area contributed by atoms with Crippen molar-refractivity contribution in [1.82, 2.24) is 14.5 Å². The Morgan fingerprint density at radius 3 is 2.81 bits per heavy atom. The molecule has 6 heteroatoms. The first-order valence-corrected chi connectivity index (χ1v) is 9.18. The number of amides is 1. The van der Waals surface area contributed by atoms with Crippen LogP contribution in [0.3, 0.4) is 0 Å². The summed E-state index contributed by atoms with van der Waals surface area (Å²) in [6.45, 7) is 1.29. The van der Waals surface area contributed by atoms with Gasteiger partial charge in [-0.25, -0.2) is 4.98 Å². The van der Waals surface area contributed by atoms with Crippen molar-refractivity contribution in [3.63, 3.8) is 0 Å². The van der Waals surface area contributed by atoms with Crippen molar-refractivity contribution < 1.29 is 4.79 Å². The van der Waals surface area contributed by atoms with Crippen LogP contribution in [0, 0.1) is 0 Å². The maximum absolute atomic E-state index is 13.3. The number of rotatable bonds is 3. The van der Waals surface area contributed by atoms with Crippen molar-refractivity contribution in [2.45, 2.75) is 19.0 Å². The van der Waals surface area contributed by atoms with E-state index in [2.05, 4.69) is 17.1 Å². The quantitative estimate of drug-likeness (QED) is 0.658. The average Bonchev–Trinajstić information content (AvgIpc) is 3.15. The third-order valence-electron chi connectivity index (χ3n) is 4.78. The molecule has 2 aromatic carbocycles. The molecule has 0 aliphatic carbocycles. The van der Waals surface area contributed by atoms with Crippen LogP contribution in [0.15, 0.2) is 61.2 Å². The minimum absolute atomic E-state index is 0.0756. The first-order valence-electron chi connectivity index (χ1n) is 8.43. The Morgan fingerprint density at radius 2 is 2.04 bits per heavy atom. The second kappa shape index (κ2) is 7.14. The minimum Gasteiger partial charge on any atom is -0.335 e. The third-order valence-corrected chi connectivity index (χ3v) is 5.33. The van der Waals surface area contributed by atoms with E-state index < -0.39 is 0 Å². The zero-order valence-electron chi connectivity index (χ0n) is 14.0. The van der Waals surface area contributed by atoms with Gasteiger partial charge in [0.2, 0.25) is 0 Å². The van der Waals surface area contributed by atoms with Gasteiger partial charge in [0, 0.05) is 30.5 Å². The smallest absolute Gasteiger partial charge is 0.255 e. The molecule has 0 saturated carbocycles. The standard InChI is InChI=1S/C20H17Cl2N3O/c21-15-5-6-17(18(22)11-15)20(26)25-9-7-14-3-1-2-4-16(14)19(25)12-24-10-8-23-13-24/h1-6,8,10-11,13,19H,7,9,12H2. The molecule has 4 nitrogen and oxygen atoms in total. The molecule has 1 unspecified atom stereocenters. The molecule has 0 bridgehead atoms. The Morgan fingerprint density at radius 1 is 1.19 bits per heavy atom. The number of aromatic nitrogens is 2. The zero-order chi connectivity index (χ0) is 18.1. The Balaban J connectivity index is 1.72. The lowest BCUT2D eigenvalue weighted by molar-refractivity contribution is 0.0640. The van der Waals surface area contributed by atoms with Gasteiger partial charge >= 0.3 is 0 Å². The van der Waals surface area contributed by atoms with Gasteiger partial charge in [-0.05, 0) is 35.7 Å². The topological polar surface area (TPSA) is 38.1 Å². The van der Waals surface area contributed by atoms with Gasteiger partial charge in [0.1, 0.15) is 0 Å². The molecule has 1 atom stereocenters. The molecule has 3 aromatic rings. The van der Waals surface area contributed by atoms with Crippen LogP contribution in [0.5, 0.6) is 0 Å². The van der Waals surface area contributed by atoms with Crippen LogP contribution in [0.4, 0.5) is 0 Å². The number of fused-ring (bicyclic) bond motifs is 1. The Bertz CT molecular complexity index is 940. The van der Waals surface area contributed by atoms with Crippen LogP contribution in [0.2, 0.25) is 10.0 Å². The van der Waals surface area contributed by atoms with E-state index in [1.807, 2.05) is 27.8 Å². The highest BCUT2D eigenvalue weighted by Gasteiger charge is 2.32. The average molecular weight is 386 g/mol. The molecule has 0 fully saturated rings. The number of benzene rings is 2. The monoisotopic (exact) mass is 385 g/mol. The lowest BCUT2D eigenvalue weighted by Gasteiger charge is -2.37. The number of hydrogen-bond donors (Lipinski definition) is 0. The molecule has 0 spiro atoms. The molecule has 26 heavy (non-hydrogen) atoms. The fourth-order valence-corrected chi connectivity index (χ4v) is 3.99. The molecular formula is C20H17Cl2N3O. The molecule has 1 aliphatic heterocycles. The Labute approximate surface area is 162 Å². The number of nitrogens with zero attached hydrogens (tertiary/aromatic N) is 3. The van der Waals surface area contributed by atoms with Gasteiger partial charge in [0.15, 0.2) is 0 Å². The van der Waals surface area contributed by atoms with Crippen LogP contribution in [-0.2, 0) is 13.0 Å². The van der Waals surface area contributed by atoms with Crippen molar-refractivity contribution >= 4 is 29.1 Å². The van der Waals surface area contributed by atoms with E-state index in [1.165, 1.54) is 11.1 Å². The molecular weight excluding hydrogens is 369 g/mol. The fraction of sp³-hybridized carbons (Fsp3) is 0.200. The SMILES string of the molecule is O=C(c1ccc(Cl)cc1Cl)N1CCc2ccccc2C1Cn1ccnc1. The highest BCUT2D eigenvalue weighted by Crippen LogP contribution is 2.33. The normalized spacial score (nSPS) is 16.4. The number of hydrogen-bond acceptors (Lipinski definition) is 2. The summed E-state index contributed by atoms with van der Waals surface area (Å²) in [6.07, 6.45) is 6.26. The van der Waals surface area contributed by atoms with Gasteiger partial charge < -0.3 is 9.47 Å². The van der Waals surface area contributed by atoms with Crippen molar-refractivity contribution in [3.05, 3.63) is 87.9 Å². The molecule has 0 N–H and O–H groups in total. The summed E-state index contributed by atoms with van der Waals surface area (Å²) in [5.74, 6) is -0.0775. The lowest BCUT2D eigenvalue weighted by Crippen LogP contribution is -2.41. The summed E-state index contributed by atoms with van der Waals surface area (Å²) in [4.78, 5) is 19.3. The van der Waals surface area contributed by atoms with E-state index in [9.17, 15) is 4.79 Å². The first-order chi connectivity index (χ1) is 12.6. The van der Waals surface area contributed by atoms with Crippen molar-refractivity contribution in [1.29, 1.82) is 0 Å². The van der Waals surface area contributed by atoms with Gasteiger partial charge in [-0.2, -0.15) is 0 Å². The van der Waals surface area contributed by atoms with E-state index in [0.717, 1.165) is 6.42 Å². The van der Waals surface area contributed by atoms with Gasteiger partial charge in [-0.3, -0.25) is 4.79 Å². The van der Waals surface area contributed by atoms with Crippen LogP contribution >= 0.6 is 23.2 Å². The maximum atomic E-state index is 13.3. The second-order valence-electron chi connectivity index (χ2n) is 6.35. The second-order valence-corrected chi connectivity index (χ2v) is 7.19. The summed E-state index contributed by atoms with van der Waals surface area (Å²) < 4.78 is 2.00. The molecule has 4 rings (SSSR count). The highest BCUT2D eigenvalue weighted by atomic mass is 35.5. The van der Waals surface area contributed by atoms with Gasteiger partial charge in [0.25, 0.3) is 5.91 Å². The first kappa shape index (κ1) is 17.1. The third kappa shape index (κ3) is 3.22. The summed E-state index contributed by atoms with van der Waals surface area (Å²) in [7, 11) is 0. The number of carbonyl (C=O) groups is 1. The molecule has 2 heterocycles. The van der Waals surface area contributed by atoms with E-state index in [4.69, 9.17) is 23.2 Å². The molecule has 132 valence electrons. The summed E-state index contributed by atoms with van der Waals surface area (Å²) in [6, 6.07) is 13.2. The molecule has 1 amide bonds. The Hall–Kier alpha value is -2.30. The highest BCUT2D eigenvalue weighted by molar-refractivity contribution is 6.36. The lowest BCUT2D eigenvalue weighted by atomic mass is 9.91. The van der Waals surface area contributed by atoms with Crippen molar-refractivity contribution in [2.75, 3.05) is 6.54 Å². The fourth-order valence-electron chi connectivity index (χ4n) is 3.50. The predicted octanol–water partition coefficient (Wildman–Crippen LogP) is 4.63. The molecule has 1 aliphatic rings. The van der Waals surface area contributed by atoms with Crippen LogP contribution in [0.25, 0.3) is 0 Å². The van der Waals surface area contributed by atoms with E-state index >= 15 is 0 Å². The van der Waals surface area contributed by atoms with Crippen molar-refractivity contribution in [3.8, 4) is 0 Å². The Kier molecular flexibility index (Phi) is 4.70. The zero-order valence-corrected chi connectivity index (χ0v) is 15.5. The van der Waals surface area contributed by atoms with Crippen LogP contribution in [0.1, 0.15) is 27.5 Å². The minimum atomic E-state index is -0.0775. The molecule has 0 radical (unpaired) electrons. The summed E-state index contributed by atoms with van der Waals surface area (Å²) >= 11 is 12.3. The predicted molar refractivity (Wildman–Crippen MR) is 103 cm³/mol. The van der Waals surface area contributed by atoms with Crippen LogP contribution in [-0.4, -0.2) is 26.9 Å². The van der Waals surface area contributed by atoms with E-state index in [1.54, 1.807) is 30.7 Å². The van der Waals surface area contributed by atoms with Gasteiger partial charge in [-0.15, -0.1) is 0 Å². The van der Waals surface area contributed by atoms with E-state index in [0.29, 0.717) is 28.7 Å². The van der Waals surface area contributed by atoms with Crippen molar-refractivity contribution in [2.24, 2.45) is 0 Å². The van der Waals surface area contributed by atoms with Crippen LogP contribution < -0.4 is 0 Å². The molecule has 0 saturated heterocycles. The largest absolute Gasteiger partial charge is 0.335 e. The number of carbonyl (C=O) groups excluding carboxylic acids is 1.